The first kappa shape index (κ1) is 19.2. The maximum Gasteiger partial charge on any atom is 0.256 e. The minimum Gasteiger partial charge on any atom is -0.493 e. The number of rotatable bonds is 6. The molecular weight excluding hydrogens is 342 g/mol. The van der Waals surface area contributed by atoms with Crippen LogP contribution in [0, 0.1) is 5.82 Å². The van der Waals surface area contributed by atoms with Gasteiger partial charge in [0.2, 0.25) is 0 Å². The molecule has 0 aliphatic rings. The van der Waals surface area contributed by atoms with E-state index >= 15 is 0 Å². The Hall–Kier alpha value is -1.85. The number of halogens is 3. The molecule has 124 valence electrons. The zero-order valence-electron chi connectivity index (χ0n) is 12.5. The van der Waals surface area contributed by atoms with Gasteiger partial charge >= 0.3 is 0 Å². The summed E-state index contributed by atoms with van der Waals surface area (Å²) < 4.78 is 18.4. The number of aromatic nitrogens is 1. The Morgan fingerprint density at radius 3 is 2.87 bits per heavy atom. The van der Waals surface area contributed by atoms with Crippen molar-refractivity contribution in [2.24, 2.45) is 0 Å². The van der Waals surface area contributed by atoms with E-state index in [9.17, 15) is 9.18 Å². The molecule has 0 saturated carbocycles. The fraction of sp³-hybridized carbons (Fsp3) is 0.250. The molecular formula is C16H17Cl2FN2O2. The normalized spacial score (nSPS) is 9.87. The Balaban J connectivity index is 0.00000264. The summed E-state index contributed by atoms with van der Waals surface area (Å²) in [5, 5.41) is 3.13. The monoisotopic (exact) mass is 358 g/mol. The molecule has 4 nitrogen and oxygen atoms in total. The average Bonchev–Trinajstić information content (AvgIpc) is 2.50. The van der Waals surface area contributed by atoms with Crippen molar-refractivity contribution in [3.8, 4) is 5.75 Å². The van der Waals surface area contributed by atoms with Crippen molar-refractivity contribution in [1.82, 2.24) is 10.3 Å². The van der Waals surface area contributed by atoms with Crippen molar-refractivity contribution < 1.29 is 13.9 Å². The van der Waals surface area contributed by atoms with Gasteiger partial charge in [-0.05, 0) is 37.1 Å². The van der Waals surface area contributed by atoms with E-state index in [1.807, 2.05) is 6.92 Å². The van der Waals surface area contributed by atoms with Gasteiger partial charge in [0, 0.05) is 24.0 Å². The Kier molecular flexibility index (Phi) is 7.78. The first-order valence-electron chi connectivity index (χ1n) is 6.90. The van der Waals surface area contributed by atoms with Crippen molar-refractivity contribution in [3.05, 3.63) is 58.6 Å². The van der Waals surface area contributed by atoms with Crippen LogP contribution in [0.1, 0.15) is 22.8 Å². The van der Waals surface area contributed by atoms with Gasteiger partial charge in [-0.25, -0.2) is 4.39 Å². The molecule has 23 heavy (non-hydrogen) atoms. The smallest absolute Gasteiger partial charge is 0.256 e. The number of hydrogen-bond acceptors (Lipinski definition) is 3. The zero-order valence-corrected chi connectivity index (χ0v) is 14.1. The van der Waals surface area contributed by atoms with E-state index in [0.29, 0.717) is 35.9 Å². The van der Waals surface area contributed by atoms with Gasteiger partial charge in [-0.15, -0.1) is 12.4 Å². The Labute approximate surface area is 145 Å². The number of nitrogens with one attached hydrogen (secondary N) is 1. The van der Waals surface area contributed by atoms with Crippen LogP contribution in [0.3, 0.4) is 0 Å². The maximum atomic E-state index is 13.0. The minimum absolute atomic E-state index is 0. The summed E-state index contributed by atoms with van der Waals surface area (Å²) in [5.41, 5.74) is 1.16. The van der Waals surface area contributed by atoms with E-state index in [-0.39, 0.29) is 24.1 Å². The molecule has 0 aliphatic heterocycles. The molecule has 7 heteroatoms. The van der Waals surface area contributed by atoms with E-state index in [4.69, 9.17) is 16.3 Å². The van der Waals surface area contributed by atoms with Gasteiger partial charge in [-0.3, -0.25) is 9.78 Å². The molecule has 1 aromatic heterocycles. The summed E-state index contributed by atoms with van der Waals surface area (Å²) in [5.74, 6) is -0.154. The van der Waals surface area contributed by atoms with Gasteiger partial charge in [0.15, 0.2) is 0 Å². The van der Waals surface area contributed by atoms with Crippen LogP contribution >= 0.6 is 24.0 Å². The Morgan fingerprint density at radius 2 is 2.17 bits per heavy atom. The molecule has 0 spiro atoms. The Bertz CT molecular complexity index is 668. The van der Waals surface area contributed by atoms with Crippen LogP contribution in [0.5, 0.6) is 5.75 Å². The molecule has 2 rings (SSSR count). The standard InChI is InChI=1S/C16H16ClFN2O2.ClH/c1-2-22-15-6-7-19-10-13(15)16(21)20-8-5-11-3-4-12(18)9-14(11)17;/h3-4,6-7,9-10H,2,5,8H2,1H3,(H,20,21);1H. The third-order valence-corrected chi connectivity index (χ3v) is 3.37. The molecule has 1 aromatic carbocycles. The summed E-state index contributed by atoms with van der Waals surface area (Å²) in [6, 6.07) is 5.86. The van der Waals surface area contributed by atoms with Crippen LogP contribution in [-0.4, -0.2) is 24.0 Å². The molecule has 0 atom stereocenters. The van der Waals surface area contributed by atoms with Crippen LogP contribution < -0.4 is 10.1 Å². The van der Waals surface area contributed by atoms with Gasteiger partial charge in [0.25, 0.3) is 5.91 Å². The van der Waals surface area contributed by atoms with Gasteiger partial charge in [0.05, 0.1) is 12.2 Å². The number of pyridine rings is 1. The van der Waals surface area contributed by atoms with Crippen LogP contribution in [0.15, 0.2) is 36.7 Å². The number of benzene rings is 1. The highest BCUT2D eigenvalue weighted by Gasteiger charge is 2.12. The summed E-state index contributed by atoms with van der Waals surface area (Å²) in [7, 11) is 0. The summed E-state index contributed by atoms with van der Waals surface area (Å²) in [6.45, 7) is 2.69. The van der Waals surface area contributed by atoms with Gasteiger partial charge in [-0.2, -0.15) is 0 Å². The van der Waals surface area contributed by atoms with E-state index in [1.54, 1.807) is 18.3 Å². The number of hydrogen-bond donors (Lipinski definition) is 1. The quantitative estimate of drug-likeness (QED) is 0.856. The number of ether oxygens (including phenoxy) is 1. The van der Waals surface area contributed by atoms with Crippen molar-refractivity contribution in [2.45, 2.75) is 13.3 Å². The van der Waals surface area contributed by atoms with Crippen molar-refractivity contribution >= 4 is 29.9 Å². The Morgan fingerprint density at radius 1 is 1.39 bits per heavy atom. The van der Waals surface area contributed by atoms with Gasteiger partial charge < -0.3 is 10.1 Å². The molecule has 0 bridgehead atoms. The topological polar surface area (TPSA) is 51.2 Å². The highest BCUT2D eigenvalue weighted by Crippen LogP contribution is 2.18. The summed E-state index contributed by atoms with van der Waals surface area (Å²) in [4.78, 5) is 16.1. The summed E-state index contributed by atoms with van der Waals surface area (Å²) in [6.07, 6.45) is 3.54. The third kappa shape index (κ3) is 5.37. The minimum atomic E-state index is -0.380. The van der Waals surface area contributed by atoms with E-state index < -0.39 is 0 Å². The highest BCUT2D eigenvalue weighted by atomic mass is 35.5. The predicted molar refractivity (Wildman–Crippen MR) is 90.1 cm³/mol. The van der Waals surface area contributed by atoms with E-state index in [0.717, 1.165) is 5.56 Å². The lowest BCUT2D eigenvalue weighted by Crippen LogP contribution is -2.26. The molecule has 0 aliphatic carbocycles. The second-order valence-corrected chi connectivity index (χ2v) is 4.95. The van der Waals surface area contributed by atoms with Crippen molar-refractivity contribution in [1.29, 1.82) is 0 Å². The molecule has 1 heterocycles. The molecule has 1 amide bonds. The zero-order chi connectivity index (χ0) is 15.9. The van der Waals surface area contributed by atoms with Crippen LogP contribution in [0.4, 0.5) is 4.39 Å². The highest BCUT2D eigenvalue weighted by molar-refractivity contribution is 6.31. The second-order valence-electron chi connectivity index (χ2n) is 4.55. The number of carbonyl (C=O) groups is 1. The lowest BCUT2D eigenvalue weighted by Gasteiger charge is -2.10. The first-order valence-corrected chi connectivity index (χ1v) is 7.28. The fourth-order valence-corrected chi connectivity index (χ4v) is 2.23. The molecule has 1 N–H and O–H groups in total. The number of amides is 1. The van der Waals surface area contributed by atoms with Crippen LogP contribution in [-0.2, 0) is 6.42 Å². The van der Waals surface area contributed by atoms with Crippen molar-refractivity contribution in [2.75, 3.05) is 13.2 Å². The average molecular weight is 359 g/mol. The molecule has 0 unspecified atom stereocenters. The van der Waals surface area contributed by atoms with E-state index in [1.165, 1.54) is 18.3 Å². The van der Waals surface area contributed by atoms with Crippen LogP contribution in [0.25, 0.3) is 0 Å². The first-order chi connectivity index (χ1) is 10.6. The number of nitrogens with zero attached hydrogens (tertiary/aromatic N) is 1. The SMILES string of the molecule is CCOc1ccncc1C(=O)NCCc1ccc(F)cc1Cl.Cl. The molecule has 2 aromatic rings. The van der Waals surface area contributed by atoms with Crippen LogP contribution in [0.2, 0.25) is 5.02 Å². The van der Waals surface area contributed by atoms with E-state index in [2.05, 4.69) is 10.3 Å². The number of carbonyl (C=O) groups excluding carboxylic acids is 1. The fourth-order valence-electron chi connectivity index (χ4n) is 1.96. The maximum absolute atomic E-state index is 13.0. The van der Waals surface area contributed by atoms with Crippen molar-refractivity contribution in [3.63, 3.8) is 0 Å². The van der Waals surface area contributed by atoms with Gasteiger partial charge in [0.1, 0.15) is 11.6 Å². The largest absolute Gasteiger partial charge is 0.493 e. The lowest BCUT2D eigenvalue weighted by atomic mass is 10.1. The second kappa shape index (κ2) is 9.33. The van der Waals surface area contributed by atoms with Gasteiger partial charge in [-0.1, -0.05) is 17.7 Å². The summed E-state index contributed by atoms with van der Waals surface area (Å²) >= 11 is 5.95. The molecule has 0 fully saturated rings. The lowest BCUT2D eigenvalue weighted by molar-refractivity contribution is 0.0950. The molecule has 0 saturated heterocycles. The third-order valence-electron chi connectivity index (χ3n) is 3.02. The molecule has 0 radical (unpaired) electrons. The predicted octanol–water partition coefficient (Wildman–Crippen LogP) is 3.67.